The van der Waals surface area contributed by atoms with E-state index in [1.54, 1.807) is 0 Å². The van der Waals surface area contributed by atoms with Gasteiger partial charge >= 0.3 is 0 Å². The van der Waals surface area contributed by atoms with Crippen molar-refractivity contribution in [1.82, 2.24) is 5.32 Å². The highest BCUT2D eigenvalue weighted by atomic mass is 79.9. The summed E-state index contributed by atoms with van der Waals surface area (Å²) >= 11 is 9.56. The Balaban J connectivity index is 2.84. The van der Waals surface area contributed by atoms with Crippen LogP contribution in [-0.2, 0) is 0 Å². The highest BCUT2D eigenvalue weighted by Crippen LogP contribution is 2.27. The molecule has 0 saturated heterocycles. The van der Waals surface area contributed by atoms with Gasteiger partial charge in [0.1, 0.15) is 0 Å². The van der Waals surface area contributed by atoms with Crippen molar-refractivity contribution < 1.29 is 0 Å². The van der Waals surface area contributed by atoms with Gasteiger partial charge in [0.25, 0.3) is 0 Å². The predicted octanol–water partition coefficient (Wildman–Crippen LogP) is 5.11. The first-order valence-corrected chi connectivity index (χ1v) is 7.03. The Kier molecular flexibility index (Phi) is 6.24. The van der Waals surface area contributed by atoms with E-state index in [1.165, 1.54) is 11.1 Å². The molecule has 1 atom stereocenters. The van der Waals surface area contributed by atoms with E-state index in [-0.39, 0.29) is 0 Å². The third kappa shape index (κ3) is 5.24. The van der Waals surface area contributed by atoms with E-state index in [9.17, 15) is 0 Å². The van der Waals surface area contributed by atoms with Gasteiger partial charge in [-0.3, -0.25) is 0 Å². The first-order chi connectivity index (χ1) is 8.02. The fourth-order valence-corrected chi connectivity index (χ4v) is 2.69. The van der Waals surface area contributed by atoms with Gasteiger partial charge in [0.05, 0.1) is 0 Å². The number of halogens is 2. The molecule has 17 heavy (non-hydrogen) atoms. The van der Waals surface area contributed by atoms with Crippen molar-refractivity contribution in [3.05, 3.63) is 45.4 Å². The van der Waals surface area contributed by atoms with E-state index in [0.717, 1.165) is 28.9 Å². The Hall–Kier alpha value is -0.310. The van der Waals surface area contributed by atoms with Crippen LogP contribution in [0.5, 0.6) is 0 Å². The van der Waals surface area contributed by atoms with Crippen LogP contribution in [0, 0.1) is 0 Å². The average molecular weight is 317 g/mol. The molecule has 0 spiro atoms. The van der Waals surface area contributed by atoms with Gasteiger partial charge in [0.15, 0.2) is 0 Å². The molecule has 1 N–H and O–H groups in total. The van der Waals surface area contributed by atoms with Crippen molar-refractivity contribution in [3.8, 4) is 0 Å². The topological polar surface area (TPSA) is 12.0 Å². The number of benzene rings is 1. The molecule has 0 aliphatic heterocycles. The zero-order valence-corrected chi connectivity index (χ0v) is 12.7. The molecule has 0 bridgehead atoms. The van der Waals surface area contributed by atoms with Crippen LogP contribution >= 0.6 is 27.5 Å². The standard InChI is InChI=1S/C14H19BrClN/c1-4-17-14(6-5-10(2)3)11-7-12(15)9-13(16)8-11/h7-9,14,17H,2,4-6H2,1,3H3. The van der Waals surface area contributed by atoms with Gasteiger partial charge in [-0.05, 0) is 50.1 Å². The van der Waals surface area contributed by atoms with Crippen LogP contribution in [-0.4, -0.2) is 6.54 Å². The summed E-state index contributed by atoms with van der Waals surface area (Å²) in [6, 6.07) is 6.40. The van der Waals surface area contributed by atoms with Crippen molar-refractivity contribution >= 4 is 27.5 Å². The third-order valence-corrected chi connectivity index (χ3v) is 3.27. The minimum absolute atomic E-state index is 0.340. The second-order valence-electron chi connectivity index (χ2n) is 4.31. The molecule has 0 fully saturated rings. The Labute approximate surface area is 117 Å². The molecule has 0 aliphatic carbocycles. The molecule has 0 heterocycles. The van der Waals surface area contributed by atoms with E-state index < -0.39 is 0 Å². The van der Waals surface area contributed by atoms with Crippen LogP contribution in [0.2, 0.25) is 5.02 Å². The predicted molar refractivity (Wildman–Crippen MR) is 79.6 cm³/mol. The van der Waals surface area contributed by atoms with Gasteiger partial charge in [-0.1, -0.05) is 40.0 Å². The molecule has 0 aliphatic rings. The summed E-state index contributed by atoms with van der Waals surface area (Å²) < 4.78 is 1.03. The molecule has 1 rings (SSSR count). The molecule has 0 saturated carbocycles. The highest BCUT2D eigenvalue weighted by Gasteiger charge is 2.11. The molecular weight excluding hydrogens is 298 g/mol. The molecule has 0 radical (unpaired) electrons. The zero-order chi connectivity index (χ0) is 12.8. The van der Waals surface area contributed by atoms with Gasteiger partial charge < -0.3 is 5.32 Å². The maximum Gasteiger partial charge on any atom is 0.0420 e. The highest BCUT2D eigenvalue weighted by molar-refractivity contribution is 9.10. The number of hydrogen-bond acceptors (Lipinski definition) is 1. The minimum Gasteiger partial charge on any atom is -0.310 e. The summed E-state index contributed by atoms with van der Waals surface area (Å²) in [7, 11) is 0. The molecule has 1 aromatic carbocycles. The van der Waals surface area contributed by atoms with Crippen molar-refractivity contribution in [2.75, 3.05) is 6.54 Å². The largest absolute Gasteiger partial charge is 0.310 e. The first kappa shape index (κ1) is 14.7. The van der Waals surface area contributed by atoms with Crippen LogP contribution in [0.1, 0.15) is 38.3 Å². The lowest BCUT2D eigenvalue weighted by Crippen LogP contribution is -2.21. The third-order valence-electron chi connectivity index (χ3n) is 2.60. The lowest BCUT2D eigenvalue weighted by molar-refractivity contribution is 0.514. The smallest absolute Gasteiger partial charge is 0.0420 e. The Bertz CT molecular complexity index is 370. The normalized spacial score (nSPS) is 12.5. The molecular formula is C14H19BrClN. The zero-order valence-electron chi connectivity index (χ0n) is 10.4. The lowest BCUT2D eigenvalue weighted by Gasteiger charge is -2.19. The summed E-state index contributed by atoms with van der Waals surface area (Å²) in [4.78, 5) is 0. The van der Waals surface area contributed by atoms with E-state index in [0.29, 0.717) is 6.04 Å². The van der Waals surface area contributed by atoms with Crippen molar-refractivity contribution in [3.63, 3.8) is 0 Å². The summed E-state index contributed by atoms with van der Waals surface area (Å²) in [5.41, 5.74) is 2.45. The van der Waals surface area contributed by atoms with Crippen LogP contribution in [0.3, 0.4) is 0 Å². The Morgan fingerprint density at radius 1 is 1.47 bits per heavy atom. The second kappa shape index (κ2) is 7.20. The Morgan fingerprint density at radius 2 is 2.18 bits per heavy atom. The molecule has 0 amide bonds. The molecule has 1 unspecified atom stereocenters. The van der Waals surface area contributed by atoms with Gasteiger partial charge in [-0.25, -0.2) is 0 Å². The van der Waals surface area contributed by atoms with Crippen LogP contribution in [0.15, 0.2) is 34.8 Å². The average Bonchev–Trinajstić information content (AvgIpc) is 2.22. The number of allylic oxidation sites excluding steroid dienone is 1. The first-order valence-electron chi connectivity index (χ1n) is 5.86. The maximum atomic E-state index is 6.08. The van der Waals surface area contributed by atoms with E-state index in [1.807, 2.05) is 12.1 Å². The van der Waals surface area contributed by atoms with Crippen LogP contribution in [0.4, 0.5) is 0 Å². The molecule has 1 aromatic rings. The maximum absolute atomic E-state index is 6.08. The molecule has 1 nitrogen and oxygen atoms in total. The Morgan fingerprint density at radius 3 is 2.71 bits per heavy atom. The number of hydrogen-bond donors (Lipinski definition) is 1. The van der Waals surface area contributed by atoms with E-state index in [4.69, 9.17) is 11.6 Å². The van der Waals surface area contributed by atoms with Crippen LogP contribution < -0.4 is 5.32 Å². The van der Waals surface area contributed by atoms with Gasteiger partial charge in [-0.2, -0.15) is 0 Å². The second-order valence-corrected chi connectivity index (χ2v) is 5.66. The van der Waals surface area contributed by atoms with Gasteiger partial charge in [0.2, 0.25) is 0 Å². The molecule has 94 valence electrons. The van der Waals surface area contributed by atoms with E-state index in [2.05, 4.69) is 47.7 Å². The number of nitrogens with one attached hydrogen (secondary N) is 1. The monoisotopic (exact) mass is 315 g/mol. The lowest BCUT2D eigenvalue weighted by atomic mass is 10.00. The van der Waals surface area contributed by atoms with Crippen molar-refractivity contribution in [1.29, 1.82) is 0 Å². The van der Waals surface area contributed by atoms with Crippen LogP contribution in [0.25, 0.3) is 0 Å². The summed E-state index contributed by atoms with van der Waals surface area (Å²) in [5.74, 6) is 0. The number of rotatable bonds is 6. The fourth-order valence-electron chi connectivity index (χ4n) is 1.80. The van der Waals surface area contributed by atoms with Crippen molar-refractivity contribution in [2.45, 2.75) is 32.7 Å². The summed E-state index contributed by atoms with van der Waals surface area (Å²) in [6.07, 6.45) is 2.08. The summed E-state index contributed by atoms with van der Waals surface area (Å²) in [6.45, 7) is 9.09. The fraction of sp³-hybridized carbons (Fsp3) is 0.429. The SMILES string of the molecule is C=C(C)CCC(NCC)c1cc(Cl)cc(Br)c1. The molecule has 3 heteroatoms. The molecule has 0 aromatic heterocycles. The van der Waals surface area contributed by atoms with Gasteiger partial charge in [-0.15, -0.1) is 6.58 Å². The van der Waals surface area contributed by atoms with Crippen molar-refractivity contribution in [2.24, 2.45) is 0 Å². The minimum atomic E-state index is 0.340. The van der Waals surface area contributed by atoms with E-state index >= 15 is 0 Å². The summed E-state index contributed by atoms with van der Waals surface area (Å²) in [5, 5.41) is 4.26. The quantitative estimate of drug-likeness (QED) is 0.719. The van der Waals surface area contributed by atoms with Gasteiger partial charge in [0, 0.05) is 15.5 Å².